The van der Waals surface area contributed by atoms with Gasteiger partial charge in [0.25, 0.3) is 0 Å². The molecule has 1 aliphatic heterocycles. The number of carboxylic acid groups (broad SMARTS) is 1. The molecule has 0 spiro atoms. The van der Waals surface area contributed by atoms with Crippen molar-refractivity contribution in [2.24, 2.45) is 0 Å². The van der Waals surface area contributed by atoms with Crippen LogP contribution in [0.1, 0.15) is 6.92 Å². The second-order valence-electron chi connectivity index (χ2n) is 3.60. The van der Waals surface area contributed by atoms with Gasteiger partial charge in [-0.05, 0) is 17.4 Å². The smallest absolute Gasteiger partial charge is 0.327 e. The first-order valence-electron chi connectivity index (χ1n) is 4.96. The van der Waals surface area contributed by atoms with Gasteiger partial charge in [-0.1, -0.05) is 0 Å². The molecule has 0 aliphatic carbocycles. The summed E-state index contributed by atoms with van der Waals surface area (Å²) >= 11 is 1.45. The van der Waals surface area contributed by atoms with Crippen LogP contribution in [0.4, 0.5) is 0 Å². The van der Waals surface area contributed by atoms with Crippen molar-refractivity contribution in [2.75, 3.05) is 5.75 Å². The van der Waals surface area contributed by atoms with Crippen LogP contribution >= 0.6 is 11.8 Å². The summed E-state index contributed by atoms with van der Waals surface area (Å²) in [6, 6.07) is -0.765. The van der Waals surface area contributed by atoms with Gasteiger partial charge in [-0.15, -0.1) is 16.9 Å². The number of carbonyl (C=O) groups is 2. The van der Waals surface area contributed by atoms with E-state index in [4.69, 9.17) is 5.11 Å². The summed E-state index contributed by atoms with van der Waals surface area (Å²) < 4.78 is 1.27. The number of nitrogens with zero attached hydrogens (tertiary/aromatic N) is 5. The van der Waals surface area contributed by atoms with Gasteiger partial charge in [0.15, 0.2) is 0 Å². The zero-order chi connectivity index (χ0) is 12.4. The van der Waals surface area contributed by atoms with Crippen molar-refractivity contribution in [2.45, 2.75) is 24.9 Å². The van der Waals surface area contributed by atoms with Crippen LogP contribution in [-0.4, -0.2) is 59.3 Å². The number of aromatic nitrogens is 4. The summed E-state index contributed by atoms with van der Waals surface area (Å²) in [7, 11) is 0. The Labute approximate surface area is 101 Å². The first-order chi connectivity index (χ1) is 8.09. The average Bonchev–Trinajstić information content (AvgIpc) is 2.86. The zero-order valence-electron chi connectivity index (χ0n) is 9.05. The fourth-order valence-electron chi connectivity index (χ4n) is 1.68. The van der Waals surface area contributed by atoms with E-state index in [2.05, 4.69) is 15.5 Å². The summed E-state index contributed by atoms with van der Waals surface area (Å²) in [6.07, 6.45) is 1.32. The van der Waals surface area contributed by atoms with Gasteiger partial charge in [0.05, 0.1) is 5.37 Å². The van der Waals surface area contributed by atoms with Gasteiger partial charge in [-0.25, -0.2) is 9.48 Å². The fourth-order valence-corrected chi connectivity index (χ4v) is 2.87. The lowest BCUT2D eigenvalue weighted by Crippen LogP contribution is -2.46. The molecule has 1 saturated heterocycles. The molecule has 1 fully saturated rings. The molecule has 2 atom stereocenters. The number of carboxylic acids is 1. The third kappa shape index (κ3) is 2.38. The maximum Gasteiger partial charge on any atom is 0.327 e. The quantitative estimate of drug-likeness (QED) is 0.744. The van der Waals surface area contributed by atoms with Gasteiger partial charge in [-0.3, -0.25) is 4.79 Å². The molecule has 1 N–H and O–H groups in total. The molecular weight excluding hydrogens is 246 g/mol. The minimum Gasteiger partial charge on any atom is -0.480 e. The Morgan fingerprint density at radius 2 is 2.35 bits per heavy atom. The standard InChI is InChI=1S/C8H11N5O3S/c1-5-13(6(3-17-5)8(15)16)7(14)2-12-4-9-10-11-12/h4-6H,2-3H2,1H3,(H,15,16). The van der Waals surface area contributed by atoms with Crippen molar-refractivity contribution in [3.05, 3.63) is 6.33 Å². The molecule has 0 aromatic carbocycles. The highest BCUT2D eigenvalue weighted by Gasteiger charge is 2.39. The monoisotopic (exact) mass is 257 g/mol. The van der Waals surface area contributed by atoms with Gasteiger partial charge in [0.2, 0.25) is 5.91 Å². The molecule has 0 bridgehead atoms. The molecule has 8 nitrogen and oxygen atoms in total. The Morgan fingerprint density at radius 1 is 1.59 bits per heavy atom. The van der Waals surface area contributed by atoms with Crippen molar-refractivity contribution < 1.29 is 14.7 Å². The lowest BCUT2D eigenvalue weighted by Gasteiger charge is -2.24. The molecule has 1 amide bonds. The van der Waals surface area contributed by atoms with Crippen LogP contribution in [0.2, 0.25) is 0 Å². The number of hydrogen-bond donors (Lipinski definition) is 1. The van der Waals surface area contributed by atoms with Crippen molar-refractivity contribution in [3.8, 4) is 0 Å². The molecule has 1 aromatic rings. The van der Waals surface area contributed by atoms with E-state index in [-0.39, 0.29) is 17.8 Å². The molecular formula is C8H11N5O3S. The molecule has 2 rings (SSSR count). The molecule has 2 unspecified atom stereocenters. The van der Waals surface area contributed by atoms with E-state index in [9.17, 15) is 9.59 Å². The Kier molecular flexibility index (Phi) is 3.27. The van der Waals surface area contributed by atoms with Crippen LogP contribution in [0.3, 0.4) is 0 Å². The van der Waals surface area contributed by atoms with E-state index in [1.165, 1.54) is 27.7 Å². The summed E-state index contributed by atoms with van der Waals surface area (Å²) in [5, 5.41) is 19.3. The van der Waals surface area contributed by atoms with E-state index in [1.54, 1.807) is 0 Å². The lowest BCUT2D eigenvalue weighted by molar-refractivity contribution is -0.149. The van der Waals surface area contributed by atoms with E-state index >= 15 is 0 Å². The van der Waals surface area contributed by atoms with E-state index < -0.39 is 12.0 Å². The van der Waals surface area contributed by atoms with Gasteiger partial charge >= 0.3 is 5.97 Å². The fraction of sp³-hybridized carbons (Fsp3) is 0.625. The molecule has 17 heavy (non-hydrogen) atoms. The van der Waals surface area contributed by atoms with Crippen molar-refractivity contribution in [3.63, 3.8) is 0 Å². The maximum atomic E-state index is 12.0. The highest BCUT2D eigenvalue weighted by Crippen LogP contribution is 2.28. The second kappa shape index (κ2) is 4.70. The van der Waals surface area contributed by atoms with E-state index in [0.29, 0.717) is 5.75 Å². The Morgan fingerprint density at radius 3 is 2.94 bits per heavy atom. The van der Waals surface area contributed by atoms with E-state index in [0.717, 1.165) is 0 Å². The lowest BCUT2D eigenvalue weighted by atomic mass is 10.3. The molecule has 92 valence electrons. The minimum atomic E-state index is -0.980. The number of amides is 1. The molecule has 0 radical (unpaired) electrons. The number of carbonyl (C=O) groups excluding carboxylic acids is 1. The zero-order valence-corrected chi connectivity index (χ0v) is 9.87. The summed E-state index contributed by atoms with van der Waals surface area (Å²) in [6.45, 7) is 1.77. The van der Waals surface area contributed by atoms with Crippen LogP contribution in [0.15, 0.2) is 6.33 Å². The van der Waals surface area contributed by atoms with Crippen LogP contribution in [0.25, 0.3) is 0 Å². The number of rotatable bonds is 3. The minimum absolute atomic E-state index is 0.0400. The highest BCUT2D eigenvalue weighted by molar-refractivity contribution is 8.00. The number of aliphatic carboxylic acids is 1. The SMILES string of the molecule is CC1SCC(C(=O)O)N1C(=O)Cn1cnnn1. The van der Waals surface area contributed by atoms with Crippen molar-refractivity contribution in [1.29, 1.82) is 0 Å². The van der Waals surface area contributed by atoms with Gasteiger partial charge < -0.3 is 10.0 Å². The molecule has 1 aliphatic rings. The largest absolute Gasteiger partial charge is 0.480 e. The summed E-state index contributed by atoms with van der Waals surface area (Å²) in [5.74, 6) is -0.855. The predicted octanol–water partition coefficient (Wildman–Crippen LogP) is -0.952. The first-order valence-corrected chi connectivity index (χ1v) is 6.01. The predicted molar refractivity (Wildman–Crippen MR) is 58.0 cm³/mol. The Balaban J connectivity index is 2.09. The van der Waals surface area contributed by atoms with Gasteiger partial charge in [-0.2, -0.15) is 0 Å². The number of thioether (sulfide) groups is 1. The average molecular weight is 257 g/mol. The molecule has 2 heterocycles. The summed E-state index contributed by atoms with van der Waals surface area (Å²) in [5.41, 5.74) is 0. The maximum absolute atomic E-state index is 12.0. The first kappa shape index (κ1) is 11.8. The highest BCUT2D eigenvalue weighted by atomic mass is 32.2. The third-order valence-electron chi connectivity index (χ3n) is 2.48. The van der Waals surface area contributed by atoms with Crippen LogP contribution in [0, 0.1) is 0 Å². The number of tetrazole rings is 1. The molecule has 9 heteroatoms. The third-order valence-corrected chi connectivity index (χ3v) is 3.70. The van der Waals surface area contributed by atoms with Crippen molar-refractivity contribution in [1.82, 2.24) is 25.1 Å². The van der Waals surface area contributed by atoms with Gasteiger partial charge in [0.1, 0.15) is 18.9 Å². The Hall–Kier alpha value is -1.64. The topological polar surface area (TPSA) is 101 Å². The molecule has 0 saturated carbocycles. The van der Waals surface area contributed by atoms with E-state index in [1.807, 2.05) is 6.92 Å². The number of hydrogen-bond acceptors (Lipinski definition) is 6. The normalized spacial score (nSPS) is 23.9. The van der Waals surface area contributed by atoms with Crippen molar-refractivity contribution >= 4 is 23.6 Å². The molecule has 1 aromatic heterocycles. The van der Waals surface area contributed by atoms with Crippen LogP contribution in [-0.2, 0) is 16.1 Å². The second-order valence-corrected chi connectivity index (χ2v) is 4.94. The Bertz CT molecular complexity index is 423. The summed E-state index contributed by atoms with van der Waals surface area (Å²) in [4.78, 5) is 24.4. The van der Waals surface area contributed by atoms with Gasteiger partial charge in [0, 0.05) is 5.75 Å². The van der Waals surface area contributed by atoms with Crippen LogP contribution in [0.5, 0.6) is 0 Å². The van der Waals surface area contributed by atoms with Crippen LogP contribution < -0.4 is 0 Å².